The highest BCUT2D eigenvalue weighted by Crippen LogP contribution is 2.25. The lowest BCUT2D eigenvalue weighted by Crippen LogP contribution is -2.24. The van der Waals surface area contributed by atoms with Gasteiger partial charge < -0.3 is 5.32 Å². The number of sulfone groups is 1. The van der Waals surface area contributed by atoms with E-state index in [1.54, 1.807) is 61.8 Å². The number of nitrogens with zero attached hydrogens (tertiary/aromatic N) is 2. The number of pyridine rings is 2. The van der Waals surface area contributed by atoms with Gasteiger partial charge in [-0.05, 0) is 43.3 Å². The van der Waals surface area contributed by atoms with E-state index in [9.17, 15) is 13.2 Å². The van der Waals surface area contributed by atoms with E-state index in [0.29, 0.717) is 22.0 Å². The summed E-state index contributed by atoms with van der Waals surface area (Å²) in [5.41, 5.74) is 1.17. The van der Waals surface area contributed by atoms with Crippen LogP contribution in [0.3, 0.4) is 0 Å². The molecule has 1 aromatic carbocycles. The number of carbonyl (C=O) groups is 1. The molecule has 0 saturated heterocycles. The van der Waals surface area contributed by atoms with Crippen molar-refractivity contribution in [2.24, 2.45) is 0 Å². The molecule has 1 amide bonds. The van der Waals surface area contributed by atoms with E-state index in [-0.39, 0.29) is 11.7 Å². The summed E-state index contributed by atoms with van der Waals surface area (Å²) in [4.78, 5) is 21.3. The van der Waals surface area contributed by atoms with Gasteiger partial charge in [0.25, 0.3) is 5.91 Å². The van der Waals surface area contributed by atoms with Crippen LogP contribution in [0.15, 0.2) is 83.0 Å². The van der Waals surface area contributed by atoms with Crippen molar-refractivity contribution in [3.63, 3.8) is 0 Å². The molecule has 1 N–H and O–H groups in total. The molecular weight excluding hydrogens is 406 g/mol. The molecule has 3 rings (SSSR count). The van der Waals surface area contributed by atoms with Crippen LogP contribution in [0.25, 0.3) is 0 Å². The molecule has 1 unspecified atom stereocenters. The van der Waals surface area contributed by atoms with Crippen LogP contribution in [-0.2, 0) is 16.4 Å². The van der Waals surface area contributed by atoms with E-state index < -0.39 is 15.1 Å². The number of hydrogen-bond donors (Lipinski definition) is 1. The first kappa shape index (κ1) is 21.0. The van der Waals surface area contributed by atoms with E-state index in [1.807, 2.05) is 18.2 Å². The maximum absolute atomic E-state index is 12.7. The number of rotatable bonds is 8. The van der Waals surface area contributed by atoms with Gasteiger partial charge in [-0.2, -0.15) is 0 Å². The van der Waals surface area contributed by atoms with Crippen molar-refractivity contribution < 1.29 is 13.2 Å². The maximum Gasteiger partial charge on any atom is 0.254 e. The summed E-state index contributed by atoms with van der Waals surface area (Å²) in [7, 11) is -3.45. The Hall–Kier alpha value is -2.71. The summed E-state index contributed by atoms with van der Waals surface area (Å²) in [6, 6.07) is 17.2. The first-order valence-corrected chi connectivity index (χ1v) is 11.6. The van der Waals surface area contributed by atoms with Crippen molar-refractivity contribution in [1.82, 2.24) is 15.3 Å². The second-order valence-corrected chi connectivity index (χ2v) is 9.71. The molecule has 0 spiro atoms. The summed E-state index contributed by atoms with van der Waals surface area (Å²) >= 11 is 1.26. The van der Waals surface area contributed by atoms with E-state index >= 15 is 0 Å². The third-order valence-corrected chi connectivity index (χ3v) is 7.86. The number of thioether (sulfide) groups is 1. The predicted molar refractivity (Wildman–Crippen MR) is 113 cm³/mol. The Morgan fingerprint density at radius 3 is 2.45 bits per heavy atom. The Morgan fingerprint density at radius 1 is 1.00 bits per heavy atom. The van der Waals surface area contributed by atoms with Crippen molar-refractivity contribution in [2.75, 3.05) is 5.75 Å². The number of benzene rings is 1. The quantitative estimate of drug-likeness (QED) is 0.555. The number of hydrogen-bond acceptors (Lipinski definition) is 6. The number of nitrogens with one attached hydrogen (secondary N) is 1. The molecular formula is C21H21N3O3S2. The van der Waals surface area contributed by atoms with Crippen molar-refractivity contribution >= 4 is 27.5 Å². The Labute approximate surface area is 174 Å². The molecule has 2 heterocycles. The molecule has 0 aliphatic carbocycles. The van der Waals surface area contributed by atoms with Gasteiger partial charge in [0.2, 0.25) is 0 Å². The van der Waals surface area contributed by atoms with Gasteiger partial charge in [0.05, 0.1) is 27.9 Å². The molecule has 0 saturated carbocycles. The summed E-state index contributed by atoms with van der Waals surface area (Å²) in [5.74, 6) is 0.0132. The summed E-state index contributed by atoms with van der Waals surface area (Å²) in [6.07, 6.45) is 3.26. The van der Waals surface area contributed by atoms with Gasteiger partial charge in [-0.25, -0.2) is 13.4 Å². The van der Waals surface area contributed by atoms with Crippen LogP contribution in [0, 0.1) is 0 Å². The second kappa shape index (κ2) is 9.67. The van der Waals surface area contributed by atoms with Gasteiger partial charge >= 0.3 is 0 Å². The molecule has 0 aliphatic rings. The highest BCUT2D eigenvalue weighted by molar-refractivity contribution is 8.00. The van der Waals surface area contributed by atoms with Crippen LogP contribution in [0.5, 0.6) is 0 Å². The molecule has 8 heteroatoms. The molecule has 3 aromatic rings. The lowest BCUT2D eigenvalue weighted by Gasteiger charge is -2.14. The first-order valence-electron chi connectivity index (χ1n) is 9.03. The molecule has 150 valence electrons. The molecule has 0 aliphatic heterocycles. The Balaban J connectivity index is 1.67. The minimum Gasteiger partial charge on any atom is -0.346 e. The van der Waals surface area contributed by atoms with Crippen molar-refractivity contribution in [1.29, 1.82) is 0 Å². The minimum atomic E-state index is -3.45. The third kappa shape index (κ3) is 5.42. The summed E-state index contributed by atoms with van der Waals surface area (Å²) in [6.45, 7) is 1.97. The lowest BCUT2D eigenvalue weighted by molar-refractivity contribution is 0.0946. The SMILES string of the molecule is CC(CSc1ncccc1C(=O)NCc1ccccn1)S(=O)(=O)c1ccccc1. The highest BCUT2D eigenvalue weighted by atomic mass is 32.2. The standard InChI is InChI=1S/C21H21N3O3S2/c1-16(29(26,27)18-9-3-2-4-10-18)15-28-21-19(11-7-13-23-21)20(25)24-14-17-8-5-6-12-22-17/h2-13,16H,14-15H2,1H3,(H,24,25). The van der Waals surface area contributed by atoms with Crippen LogP contribution in [0.2, 0.25) is 0 Å². The second-order valence-electron chi connectivity index (χ2n) is 6.34. The van der Waals surface area contributed by atoms with Crippen molar-refractivity contribution in [3.8, 4) is 0 Å². The smallest absolute Gasteiger partial charge is 0.254 e. The van der Waals surface area contributed by atoms with Crippen molar-refractivity contribution in [3.05, 3.63) is 84.3 Å². The first-order chi connectivity index (χ1) is 14.0. The zero-order chi connectivity index (χ0) is 20.7. The molecule has 2 aromatic heterocycles. The minimum absolute atomic E-state index is 0.273. The summed E-state index contributed by atoms with van der Waals surface area (Å²) in [5, 5.41) is 2.70. The summed E-state index contributed by atoms with van der Waals surface area (Å²) < 4.78 is 25.4. The van der Waals surface area contributed by atoms with Gasteiger partial charge in [-0.3, -0.25) is 9.78 Å². The Morgan fingerprint density at radius 2 is 1.72 bits per heavy atom. The topological polar surface area (TPSA) is 89.0 Å². The lowest BCUT2D eigenvalue weighted by atomic mass is 10.2. The van der Waals surface area contributed by atoms with Crippen LogP contribution in [-0.4, -0.2) is 35.3 Å². The number of amides is 1. The van der Waals surface area contributed by atoms with Gasteiger partial charge in [-0.1, -0.05) is 24.3 Å². The molecule has 6 nitrogen and oxygen atoms in total. The van der Waals surface area contributed by atoms with Gasteiger partial charge in [0.15, 0.2) is 9.84 Å². The zero-order valence-corrected chi connectivity index (χ0v) is 17.5. The average molecular weight is 428 g/mol. The van der Waals surface area contributed by atoms with Crippen LogP contribution in [0.1, 0.15) is 23.0 Å². The Bertz CT molecular complexity index is 1060. The molecule has 0 bridgehead atoms. The number of aromatic nitrogens is 2. The van der Waals surface area contributed by atoms with Crippen molar-refractivity contribution in [2.45, 2.75) is 28.6 Å². The van der Waals surface area contributed by atoms with Crippen LogP contribution < -0.4 is 5.32 Å². The van der Waals surface area contributed by atoms with E-state index in [4.69, 9.17) is 0 Å². The van der Waals surface area contributed by atoms with E-state index in [0.717, 1.165) is 5.69 Å². The fourth-order valence-corrected chi connectivity index (χ4v) is 5.34. The normalized spacial score (nSPS) is 12.3. The van der Waals surface area contributed by atoms with Gasteiger partial charge in [-0.15, -0.1) is 11.8 Å². The third-order valence-electron chi connectivity index (χ3n) is 4.23. The molecule has 29 heavy (non-hydrogen) atoms. The molecule has 0 fully saturated rings. The van der Waals surface area contributed by atoms with Gasteiger partial charge in [0.1, 0.15) is 5.03 Å². The van der Waals surface area contributed by atoms with Crippen LogP contribution >= 0.6 is 11.8 Å². The molecule has 1 atom stereocenters. The van der Waals surface area contributed by atoms with E-state index in [1.165, 1.54) is 11.8 Å². The predicted octanol–water partition coefficient (Wildman–Crippen LogP) is 3.36. The Kier molecular flexibility index (Phi) is 7.00. The zero-order valence-electron chi connectivity index (χ0n) is 15.9. The monoisotopic (exact) mass is 427 g/mol. The van der Waals surface area contributed by atoms with E-state index in [2.05, 4.69) is 15.3 Å². The average Bonchev–Trinajstić information content (AvgIpc) is 2.77. The molecule has 0 radical (unpaired) electrons. The van der Waals surface area contributed by atoms with Gasteiger partial charge in [0, 0.05) is 18.1 Å². The fourth-order valence-electron chi connectivity index (χ4n) is 2.58. The van der Waals surface area contributed by atoms with Crippen LogP contribution in [0.4, 0.5) is 0 Å². The highest BCUT2D eigenvalue weighted by Gasteiger charge is 2.24. The maximum atomic E-state index is 12.7. The number of carbonyl (C=O) groups excluding carboxylic acids is 1. The largest absolute Gasteiger partial charge is 0.346 e. The fraction of sp³-hybridized carbons (Fsp3) is 0.190.